The predicted octanol–water partition coefficient (Wildman–Crippen LogP) is 2.46. The number of hydrogen-bond donors (Lipinski definition) is 1. The Balaban J connectivity index is 1.61. The topological polar surface area (TPSA) is 94.3 Å². The number of esters is 1. The van der Waals surface area contributed by atoms with Crippen molar-refractivity contribution in [3.63, 3.8) is 0 Å². The third-order valence-electron chi connectivity index (χ3n) is 4.07. The monoisotopic (exact) mass is 347 g/mol. The highest BCUT2D eigenvalue weighted by Gasteiger charge is 2.16. The number of carbonyl (C=O) groups is 1. The van der Waals surface area contributed by atoms with E-state index < -0.39 is 18.3 Å². The van der Waals surface area contributed by atoms with Crippen molar-refractivity contribution in [2.24, 2.45) is 0 Å². The molecule has 1 heterocycles. The molecule has 0 atom stereocenters. The van der Waals surface area contributed by atoms with Gasteiger partial charge in [-0.2, -0.15) is 4.68 Å². The normalized spacial score (nSPS) is 10.9. The number of ether oxygens (including phenoxy) is 1. The van der Waals surface area contributed by atoms with Crippen LogP contribution in [0.2, 0.25) is 0 Å². The van der Waals surface area contributed by atoms with Gasteiger partial charge < -0.3 is 9.84 Å². The van der Waals surface area contributed by atoms with Crippen molar-refractivity contribution in [3.05, 3.63) is 76.6 Å². The fourth-order valence-electron chi connectivity index (χ4n) is 2.73. The molecule has 0 saturated carbocycles. The van der Waals surface area contributed by atoms with E-state index in [0.29, 0.717) is 16.3 Å². The summed E-state index contributed by atoms with van der Waals surface area (Å²) < 4.78 is 6.09. The van der Waals surface area contributed by atoms with Gasteiger partial charge in [0.2, 0.25) is 0 Å². The first-order valence-electron chi connectivity index (χ1n) is 7.85. The van der Waals surface area contributed by atoms with Crippen molar-refractivity contribution < 1.29 is 14.6 Å². The van der Waals surface area contributed by atoms with E-state index in [-0.39, 0.29) is 11.3 Å². The summed E-state index contributed by atoms with van der Waals surface area (Å²) in [5, 5.41) is 19.7. The number of aromatic hydroxyl groups is 1. The highest BCUT2D eigenvalue weighted by molar-refractivity contribution is 6.01. The van der Waals surface area contributed by atoms with Crippen molar-refractivity contribution in [1.82, 2.24) is 15.0 Å². The Morgan fingerprint density at radius 1 is 1.00 bits per heavy atom. The van der Waals surface area contributed by atoms with E-state index in [1.165, 1.54) is 6.07 Å². The number of carbonyl (C=O) groups excluding carboxylic acids is 1. The molecule has 0 radical (unpaired) electrons. The molecule has 0 aliphatic heterocycles. The highest BCUT2D eigenvalue weighted by Crippen LogP contribution is 2.28. The highest BCUT2D eigenvalue weighted by atomic mass is 16.5. The minimum atomic E-state index is -0.755. The summed E-state index contributed by atoms with van der Waals surface area (Å²) in [6, 6.07) is 17.1. The molecule has 26 heavy (non-hydrogen) atoms. The van der Waals surface area contributed by atoms with Crippen molar-refractivity contribution in [1.29, 1.82) is 0 Å². The van der Waals surface area contributed by atoms with Crippen molar-refractivity contribution in [2.45, 2.75) is 6.73 Å². The molecular weight excluding hydrogens is 334 g/mol. The molecular formula is C19H13N3O4. The molecule has 3 aromatic carbocycles. The van der Waals surface area contributed by atoms with E-state index in [4.69, 9.17) is 4.74 Å². The Labute approximate surface area is 147 Å². The number of nitrogens with zero attached hydrogens (tertiary/aromatic N) is 3. The van der Waals surface area contributed by atoms with Crippen LogP contribution in [-0.4, -0.2) is 26.1 Å². The zero-order chi connectivity index (χ0) is 18.1. The first-order valence-corrected chi connectivity index (χ1v) is 7.85. The second kappa shape index (κ2) is 6.29. The van der Waals surface area contributed by atoms with Crippen LogP contribution in [0.25, 0.3) is 21.7 Å². The molecule has 4 rings (SSSR count). The SMILES string of the molecule is O=C(OCn1nnc2ccccc2c1=O)c1ccc2ccccc2c1O. The zero-order valence-electron chi connectivity index (χ0n) is 13.5. The van der Waals surface area contributed by atoms with Gasteiger partial charge >= 0.3 is 5.97 Å². The molecule has 7 nitrogen and oxygen atoms in total. The third kappa shape index (κ3) is 2.65. The Morgan fingerprint density at radius 2 is 1.73 bits per heavy atom. The van der Waals surface area contributed by atoms with Gasteiger partial charge in [-0.25, -0.2) is 4.79 Å². The molecule has 0 amide bonds. The van der Waals surface area contributed by atoms with Crippen LogP contribution >= 0.6 is 0 Å². The standard InChI is InChI=1S/C19H13N3O4/c23-17-13-6-2-1-5-12(13)9-10-15(17)19(25)26-11-22-18(24)14-7-3-4-8-16(14)20-21-22/h1-10,23H,11H2. The van der Waals surface area contributed by atoms with Crippen molar-refractivity contribution in [3.8, 4) is 5.75 Å². The number of hydrogen-bond acceptors (Lipinski definition) is 6. The largest absolute Gasteiger partial charge is 0.506 e. The molecule has 4 aromatic rings. The lowest BCUT2D eigenvalue weighted by molar-refractivity contribution is 0.0333. The molecule has 0 saturated heterocycles. The van der Waals surface area contributed by atoms with Gasteiger partial charge in [0, 0.05) is 5.39 Å². The van der Waals surface area contributed by atoms with Crippen LogP contribution < -0.4 is 5.56 Å². The molecule has 0 fully saturated rings. The van der Waals surface area contributed by atoms with Crippen LogP contribution in [0.15, 0.2) is 65.5 Å². The molecule has 0 unspecified atom stereocenters. The number of benzene rings is 3. The summed E-state index contributed by atoms with van der Waals surface area (Å²) >= 11 is 0. The Morgan fingerprint density at radius 3 is 2.58 bits per heavy atom. The molecule has 0 spiro atoms. The predicted molar refractivity (Wildman–Crippen MR) is 94.8 cm³/mol. The summed E-state index contributed by atoms with van der Waals surface area (Å²) in [6.07, 6.45) is 0. The van der Waals surface area contributed by atoms with Crippen LogP contribution in [0.3, 0.4) is 0 Å². The van der Waals surface area contributed by atoms with Crippen LogP contribution in [0, 0.1) is 0 Å². The third-order valence-corrected chi connectivity index (χ3v) is 4.07. The van der Waals surface area contributed by atoms with Gasteiger partial charge in [-0.1, -0.05) is 47.7 Å². The maximum Gasteiger partial charge on any atom is 0.343 e. The van der Waals surface area contributed by atoms with Gasteiger partial charge in [0.05, 0.1) is 5.39 Å². The van der Waals surface area contributed by atoms with E-state index in [9.17, 15) is 14.7 Å². The lowest BCUT2D eigenvalue weighted by atomic mass is 10.1. The van der Waals surface area contributed by atoms with Crippen LogP contribution in [-0.2, 0) is 11.5 Å². The lowest BCUT2D eigenvalue weighted by Gasteiger charge is -2.09. The summed E-state index contributed by atoms with van der Waals surface area (Å²) in [7, 11) is 0. The molecule has 1 aromatic heterocycles. The number of phenols is 1. The molecule has 0 aliphatic carbocycles. The number of rotatable bonds is 3. The quantitative estimate of drug-likeness (QED) is 0.572. The van der Waals surface area contributed by atoms with Gasteiger partial charge in [-0.15, -0.1) is 5.10 Å². The fraction of sp³-hybridized carbons (Fsp3) is 0.0526. The van der Waals surface area contributed by atoms with Gasteiger partial charge in [-0.05, 0) is 23.6 Å². The van der Waals surface area contributed by atoms with Gasteiger partial charge in [0.15, 0.2) is 6.73 Å². The van der Waals surface area contributed by atoms with Crippen LogP contribution in [0.5, 0.6) is 5.75 Å². The van der Waals surface area contributed by atoms with Crippen LogP contribution in [0.1, 0.15) is 10.4 Å². The van der Waals surface area contributed by atoms with Crippen LogP contribution in [0.4, 0.5) is 0 Å². The average Bonchev–Trinajstić information content (AvgIpc) is 2.68. The first kappa shape index (κ1) is 15.8. The second-order valence-electron chi connectivity index (χ2n) is 5.66. The lowest BCUT2D eigenvalue weighted by Crippen LogP contribution is -2.26. The minimum absolute atomic E-state index is 0.0190. The van der Waals surface area contributed by atoms with Gasteiger partial charge in [0.25, 0.3) is 5.56 Å². The number of phenolic OH excluding ortho intramolecular Hbond substituents is 1. The van der Waals surface area contributed by atoms with E-state index in [1.54, 1.807) is 42.5 Å². The summed E-state index contributed by atoms with van der Waals surface area (Å²) in [5.41, 5.74) is 0.0730. The zero-order valence-corrected chi connectivity index (χ0v) is 13.5. The van der Waals surface area contributed by atoms with Crippen molar-refractivity contribution >= 4 is 27.6 Å². The Kier molecular flexibility index (Phi) is 3.81. The molecule has 128 valence electrons. The fourth-order valence-corrected chi connectivity index (χ4v) is 2.73. The molecule has 1 N–H and O–H groups in total. The number of fused-ring (bicyclic) bond motifs is 2. The minimum Gasteiger partial charge on any atom is -0.506 e. The van der Waals surface area contributed by atoms with Gasteiger partial charge in [-0.3, -0.25) is 4.79 Å². The van der Waals surface area contributed by atoms with E-state index in [2.05, 4.69) is 10.3 Å². The molecule has 0 bridgehead atoms. The van der Waals surface area contributed by atoms with Crippen molar-refractivity contribution in [2.75, 3.05) is 0 Å². The second-order valence-corrected chi connectivity index (χ2v) is 5.66. The van der Waals surface area contributed by atoms with Gasteiger partial charge in [0.1, 0.15) is 16.8 Å². The first-order chi connectivity index (χ1) is 12.6. The Bertz CT molecular complexity index is 1200. The maximum atomic E-state index is 12.3. The van der Waals surface area contributed by atoms with E-state index in [1.807, 2.05) is 12.1 Å². The molecule has 0 aliphatic rings. The average molecular weight is 347 g/mol. The number of aromatic nitrogens is 3. The van der Waals surface area contributed by atoms with E-state index in [0.717, 1.165) is 10.1 Å². The molecule has 7 heteroatoms. The van der Waals surface area contributed by atoms with E-state index >= 15 is 0 Å². The summed E-state index contributed by atoms with van der Waals surface area (Å²) in [6.45, 7) is -0.401. The summed E-state index contributed by atoms with van der Waals surface area (Å²) in [4.78, 5) is 24.7. The smallest absolute Gasteiger partial charge is 0.343 e. The maximum absolute atomic E-state index is 12.3. The summed E-state index contributed by atoms with van der Waals surface area (Å²) in [5.74, 6) is -0.917. The Hall–Kier alpha value is -3.74.